The van der Waals surface area contributed by atoms with Crippen molar-refractivity contribution in [2.45, 2.75) is 26.2 Å². The van der Waals surface area contributed by atoms with Gasteiger partial charge in [0.25, 0.3) is 0 Å². The lowest BCUT2D eigenvalue weighted by Gasteiger charge is -2.13. The van der Waals surface area contributed by atoms with E-state index in [1.165, 1.54) is 0 Å². The highest BCUT2D eigenvalue weighted by molar-refractivity contribution is 5.80. The minimum Gasteiger partial charge on any atom is -0.356 e. The van der Waals surface area contributed by atoms with E-state index in [9.17, 15) is 0 Å². The maximum Gasteiger partial charge on any atom is 0.168 e. The van der Waals surface area contributed by atoms with E-state index >= 15 is 0 Å². The summed E-state index contributed by atoms with van der Waals surface area (Å²) in [6.07, 6.45) is 4.62. The third-order valence-electron chi connectivity index (χ3n) is 3.83. The Bertz CT molecular complexity index is 705. The highest BCUT2D eigenvalue weighted by Crippen LogP contribution is 2.33. The van der Waals surface area contributed by atoms with Gasteiger partial charge in [-0.3, -0.25) is 4.98 Å². The van der Waals surface area contributed by atoms with Gasteiger partial charge >= 0.3 is 0 Å². The molecule has 0 bridgehead atoms. The lowest BCUT2D eigenvalue weighted by atomic mass is 9.95. The number of pyridine rings is 1. The van der Waals surface area contributed by atoms with Crippen LogP contribution in [-0.4, -0.2) is 10.1 Å². The summed E-state index contributed by atoms with van der Waals surface area (Å²) >= 11 is 0. The van der Waals surface area contributed by atoms with Gasteiger partial charge in [-0.15, -0.1) is 0 Å². The van der Waals surface area contributed by atoms with Crippen molar-refractivity contribution in [1.29, 1.82) is 0 Å². The summed E-state index contributed by atoms with van der Waals surface area (Å²) in [5.41, 5.74) is 4.39. The third kappa shape index (κ3) is 2.72. The second-order valence-electron chi connectivity index (χ2n) is 5.21. The molecule has 0 radical (unpaired) electrons. The lowest BCUT2D eigenvalue weighted by molar-refractivity contribution is 0.432. The van der Waals surface area contributed by atoms with Crippen LogP contribution in [0.2, 0.25) is 0 Å². The molecule has 0 amide bonds. The first-order valence-corrected chi connectivity index (χ1v) is 7.26. The molecule has 0 aliphatic carbocycles. The van der Waals surface area contributed by atoms with E-state index in [-0.39, 0.29) is 0 Å². The van der Waals surface area contributed by atoms with Crippen molar-refractivity contribution >= 4 is 0 Å². The minimum absolute atomic E-state index is 0.441. The maximum absolute atomic E-state index is 5.32. The van der Waals surface area contributed by atoms with Crippen LogP contribution in [0.3, 0.4) is 0 Å². The molecular formula is C18H18N2O. The number of rotatable bonds is 4. The molecule has 2 aromatic heterocycles. The second-order valence-corrected chi connectivity index (χ2v) is 5.21. The molecule has 3 aromatic rings. The van der Waals surface area contributed by atoms with Crippen molar-refractivity contribution in [1.82, 2.24) is 10.1 Å². The molecular weight excluding hydrogens is 260 g/mol. The topological polar surface area (TPSA) is 38.9 Å². The molecule has 0 aliphatic heterocycles. The fourth-order valence-electron chi connectivity index (χ4n) is 2.36. The number of hydrogen-bond donors (Lipinski definition) is 0. The van der Waals surface area contributed by atoms with Gasteiger partial charge < -0.3 is 4.52 Å². The fraction of sp³-hybridized carbons (Fsp3) is 0.222. The van der Waals surface area contributed by atoms with Crippen molar-refractivity contribution in [2.24, 2.45) is 0 Å². The number of nitrogens with zero attached hydrogens (tertiary/aromatic N) is 2. The van der Waals surface area contributed by atoms with E-state index in [1.807, 2.05) is 30.5 Å². The van der Waals surface area contributed by atoms with Crippen molar-refractivity contribution in [3.63, 3.8) is 0 Å². The van der Waals surface area contributed by atoms with Gasteiger partial charge in [0.2, 0.25) is 0 Å². The number of hydrogen-bond acceptors (Lipinski definition) is 3. The van der Waals surface area contributed by atoms with Crippen LogP contribution in [0.1, 0.15) is 31.9 Å². The highest BCUT2D eigenvalue weighted by Gasteiger charge is 2.14. The van der Waals surface area contributed by atoms with E-state index in [1.54, 1.807) is 6.20 Å². The van der Waals surface area contributed by atoms with Crippen molar-refractivity contribution in [2.75, 3.05) is 0 Å². The van der Waals surface area contributed by atoms with Crippen LogP contribution >= 0.6 is 0 Å². The van der Waals surface area contributed by atoms with Crippen LogP contribution in [0.5, 0.6) is 0 Å². The first-order chi connectivity index (χ1) is 10.3. The molecule has 3 heteroatoms. The average molecular weight is 278 g/mol. The summed E-state index contributed by atoms with van der Waals surface area (Å²) in [4.78, 5) is 4.60. The summed E-state index contributed by atoms with van der Waals surface area (Å²) in [6, 6.07) is 14.4. The lowest BCUT2D eigenvalue weighted by Crippen LogP contribution is -1.97. The van der Waals surface area contributed by atoms with Crippen molar-refractivity contribution in [3.05, 3.63) is 60.6 Å². The Morgan fingerprint density at radius 3 is 2.57 bits per heavy atom. The zero-order valence-corrected chi connectivity index (χ0v) is 12.3. The summed E-state index contributed by atoms with van der Waals surface area (Å²) in [5, 5.41) is 3.80. The van der Waals surface area contributed by atoms with Crippen molar-refractivity contribution < 1.29 is 4.52 Å². The summed E-state index contributed by atoms with van der Waals surface area (Å²) in [7, 11) is 0. The third-order valence-corrected chi connectivity index (χ3v) is 3.83. The maximum atomic E-state index is 5.32. The largest absolute Gasteiger partial charge is 0.356 e. The van der Waals surface area contributed by atoms with Gasteiger partial charge in [0, 0.05) is 23.5 Å². The Morgan fingerprint density at radius 1 is 1.10 bits per heavy atom. The molecule has 3 nitrogen and oxygen atoms in total. The predicted molar refractivity (Wildman–Crippen MR) is 83.9 cm³/mol. The molecule has 2 heterocycles. The smallest absolute Gasteiger partial charge is 0.168 e. The van der Waals surface area contributed by atoms with E-state index in [2.05, 4.69) is 42.2 Å². The predicted octanol–water partition coefficient (Wildman–Crippen LogP) is 4.92. The molecule has 21 heavy (non-hydrogen) atoms. The van der Waals surface area contributed by atoms with Gasteiger partial charge in [0.15, 0.2) is 5.76 Å². The Morgan fingerprint density at radius 2 is 1.90 bits per heavy atom. The first kappa shape index (κ1) is 13.6. The van der Waals surface area contributed by atoms with Crippen LogP contribution in [0.25, 0.3) is 22.5 Å². The summed E-state index contributed by atoms with van der Waals surface area (Å²) in [6.45, 7) is 4.38. The van der Waals surface area contributed by atoms with E-state index in [0.29, 0.717) is 5.92 Å². The van der Waals surface area contributed by atoms with Crippen LogP contribution < -0.4 is 0 Å². The summed E-state index contributed by atoms with van der Waals surface area (Å²) in [5.74, 6) is 1.19. The Hall–Kier alpha value is -2.42. The average Bonchev–Trinajstić information content (AvgIpc) is 3.08. The van der Waals surface area contributed by atoms with Gasteiger partial charge in [-0.25, -0.2) is 0 Å². The van der Waals surface area contributed by atoms with E-state index in [0.717, 1.165) is 34.6 Å². The second kappa shape index (κ2) is 5.92. The van der Waals surface area contributed by atoms with Gasteiger partial charge in [0.05, 0.1) is 6.20 Å². The zero-order chi connectivity index (χ0) is 14.7. The first-order valence-electron chi connectivity index (χ1n) is 7.26. The number of benzene rings is 1. The molecule has 1 aromatic carbocycles. The van der Waals surface area contributed by atoms with Crippen LogP contribution in [0.15, 0.2) is 59.4 Å². The van der Waals surface area contributed by atoms with Crippen LogP contribution in [-0.2, 0) is 0 Å². The van der Waals surface area contributed by atoms with E-state index < -0.39 is 0 Å². The molecule has 0 saturated carbocycles. The molecule has 106 valence electrons. The van der Waals surface area contributed by atoms with Crippen molar-refractivity contribution in [3.8, 4) is 22.5 Å². The molecule has 0 aliphatic rings. The zero-order valence-electron chi connectivity index (χ0n) is 12.3. The quantitative estimate of drug-likeness (QED) is 0.680. The Kier molecular flexibility index (Phi) is 3.82. The molecule has 0 N–H and O–H groups in total. The Balaban J connectivity index is 2.17. The molecule has 1 atom stereocenters. The standard InChI is InChI=1S/C18H18N2O/c1-3-13(2)17-11-15(14-7-5-4-6-8-14)16(12-19-17)18-9-10-20-21-18/h4-13H,3H2,1-2H3. The Labute approximate surface area is 124 Å². The molecule has 0 saturated heterocycles. The monoisotopic (exact) mass is 278 g/mol. The van der Waals surface area contributed by atoms with E-state index in [4.69, 9.17) is 4.52 Å². The van der Waals surface area contributed by atoms with Gasteiger partial charge in [-0.1, -0.05) is 49.3 Å². The van der Waals surface area contributed by atoms with Gasteiger partial charge in [0.1, 0.15) is 0 Å². The van der Waals surface area contributed by atoms with Crippen LogP contribution in [0.4, 0.5) is 0 Å². The molecule has 1 unspecified atom stereocenters. The normalized spacial score (nSPS) is 12.3. The highest BCUT2D eigenvalue weighted by atomic mass is 16.5. The van der Waals surface area contributed by atoms with Gasteiger partial charge in [-0.2, -0.15) is 0 Å². The molecule has 0 fully saturated rings. The van der Waals surface area contributed by atoms with Crippen LogP contribution in [0, 0.1) is 0 Å². The number of aromatic nitrogens is 2. The molecule has 3 rings (SSSR count). The fourth-order valence-corrected chi connectivity index (χ4v) is 2.36. The SMILES string of the molecule is CCC(C)c1cc(-c2ccccc2)c(-c2ccno2)cn1. The van der Waals surface area contributed by atoms with Gasteiger partial charge in [-0.05, 0) is 29.5 Å². The molecule has 0 spiro atoms. The summed E-state index contributed by atoms with van der Waals surface area (Å²) < 4.78 is 5.32. The minimum atomic E-state index is 0.441.